The van der Waals surface area contributed by atoms with Crippen molar-refractivity contribution in [1.29, 1.82) is 0 Å². The Hall–Kier alpha value is -0.970. The van der Waals surface area contributed by atoms with E-state index in [1.165, 1.54) is 11.1 Å². The predicted molar refractivity (Wildman–Crippen MR) is 77.7 cm³/mol. The number of methoxy groups -OCH3 is 2. The van der Waals surface area contributed by atoms with Crippen molar-refractivity contribution in [2.75, 3.05) is 27.4 Å². The summed E-state index contributed by atoms with van der Waals surface area (Å²) in [5, 5.41) is 12.2. The summed E-state index contributed by atoms with van der Waals surface area (Å²) in [6.45, 7) is 0.850. The number of rotatable bonds is 5. The maximum atomic E-state index is 8.84. The molecule has 0 amide bonds. The van der Waals surface area contributed by atoms with Crippen molar-refractivity contribution in [3.63, 3.8) is 0 Å². The van der Waals surface area contributed by atoms with E-state index < -0.39 is 0 Å². The first-order valence-electron chi connectivity index (χ1n) is 6.37. The largest absolute Gasteiger partial charge is 0.493 e. The van der Waals surface area contributed by atoms with Crippen LogP contribution in [-0.2, 0) is 12.8 Å². The van der Waals surface area contributed by atoms with Gasteiger partial charge in [0.2, 0.25) is 0 Å². The first-order chi connectivity index (χ1) is 8.80. The number of benzene rings is 1. The Balaban J connectivity index is 0.00000180. The van der Waals surface area contributed by atoms with Gasteiger partial charge in [-0.15, -0.1) is 12.4 Å². The van der Waals surface area contributed by atoms with Crippen molar-refractivity contribution in [3.05, 3.63) is 23.3 Å². The van der Waals surface area contributed by atoms with Gasteiger partial charge in [-0.25, -0.2) is 0 Å². The van der Waals surface area contributed by atoms with Crippen LogP contribution in [0.25, 0.3) is 0 Å². The molecular formula is C14H22ClNO3. The second-order valence-electron chi connectivity index (χ2n) is 4.56. The molecule has 1 aromatic carbocycles. The Bertz CT molecular complexity index is 412. The molecule has 0 heterocycles. The molecule has 108 valence electrons. The molecule has 19 heavy (non-hydrogen) atoms. The van der Waals surface area contributed by atoms with Gasteiger partial charge in [-0.3, -0.25) is 0 Å². The van der Waals surface area contributed by atoms with E-state index in [0.717, 1.165) is 30.8 Å². The molecule has 1 aliphatic carbocycles. The van der Waals surface area contributed by atoms with Crippen molar-refractivity contribution in [2.24, 2.45) is 0 Å². The highest BCUT2D eigenvalue weighted by molar-refractivity contribution is 5.85. The van der Waals surface area contributed by atoms with Gasteiger partial charge in [0.15, 0.2) is 11.5 Å². The van der Waals surface area contributed by atoms with Gasteiger partial charge in [-0.2, -0.15) is 0 Å². The summed E-state index contributed by atoms with van der Waals surface area (Å²) in [7, 11) is 3.35. The molecule has 0 radical (unpaired) electrons. The van der Waals surface area contributed by atoms with Crippen molar-refractivity contribution in [2.45, 2.75) is 25.3 Å². The number of aliphatic hydroxyl groups excluding tert-OH is 1. The normalized spacial score (nSPS) is 17.3. The number of hydrogen-bond donors (Lipinski definition) is 2. The molecule has 5 heteroatoms. The number of aliphatic hydroxyl groups is 1. The van der Waals surface area contributed by atoms with Gasteiger partial charge in [-0.1, -0.05) is 6.07 Å². The van der Waals surface area contributed by atoms with E-state index in [4.69, 9.17) is 14.6 Å². The minimum Gasteiger partial charge on any atom is -0.493 e. The summed E-state index contributed by atoms with van der Waals surface area (Å²) in [4.78, 5) is 0. The van der Waals surface area contributed by atoms with Crippen LogP contribution in [-0.4, -0.2) is 38.5 Å². The Labute approximate surface area is 120 Å². The summed E-state index contributed by atoms with van der Waals surface area (Å²) < 4.78 is 10.8. The van der Waals surface area contributed by atoms with Crippen LogP contribution in [0.5, 0.6) is 11.5 Å². The summed E-state index contributed by atoms with van der Waals surface area (Å²) in [5.74, 6) is 1.67. The molecule has 0 spiro atoms. The van der Waals surface area contributed by atoms with Gasteiger partial charge >= 0.3 is 0 Å². The zero-order valence-electron chi connectivity index (χ0n) is 11.4. The summed E-state index contributed by atoms with van der Waals surface area (Å²) in [6.07, 6.45) is 3.03. The molecule has 1 atom stereocenters. The molecule has 0 fully saturated rings. The lowest BCUT2D eigenvalue weighted by Crippen LogP contribution is -2.36. The molecule has 0 bridgehead atoms. The molecule has 0 saturated carbocycles. The van der Waals surface area contributed by atoms with Gasteiger partial charge in [0.25, 0.3) is 0 Å². The Morgan fingerprint density at radius 2 is 2.11 bits per heavy atom. The summed E-state index contributed by atoms with van der Waals surface area (Å²) in [6, 6.07) is 4.53. The lowest BCUT2D eigenvalue weighted by atomic mass is 9.87. The highest BCUT2D eigenvalue weighted by atomic mass is 35.5. The quantitative estimate of drug-likeness (QED) is 0.863. The standard InChI is InChI=1S/C14H21NO3.ClH/c1-17-13-6-3-10-9-11(15-7-8-16)4-5-12(10)14(13)18-2;/h3,6,11,15-16H,4-5,7-9H2,1-2H3;1H. The fraction of sp³-hybridized carbons (Fsp3) is 0.571. The molecule has 0 aliphatic heterocycles. The van der Waals surface area contributed by atoms with Crippen LogP contribution in [0.3, 0.4) is 0 Å². The third-order valence-electron chi connectivity index (χ3n) is 3.50. The SMILES string of the molecule is COc1ccc2c(c1OC)CCC(NCCO)C2.Cl. The number of nitrogens with one attached hydrogen (secondary N) is 1. The van der Waals surface area contributed by atoms with Crippen molar-refractivity contribution in [3.8, 4) is 11.5 Å². The minimum atomic E-state index is 0. The average Bonchev–Trinajstić information content (AvgIpc) is 2.43. The molecule has 2 rings (SSSR count). The zero-order valence-corrected chi connectivity index (χ0v) is 12.3. The maximum absolute atomic E-state index is 8.84. The van der Waals surface area contributed by atoms with E-state index >= 15 is 0 Å². The number of halogens is 1. The Morgan fingerprint density at radius 1 is 1.32 bits per heavy atom. The van der Waals surface area contributed by atoms with Crippen molar-refractivity contribution >= 4 is 12.4 Å². The second-order valence-corrected chi connectivity index (χ2v) is 4.56. The van der Waals surface area contributed by atoms with Crippen LogP contribution < -0.4 is 14.8 Å². The van der Waals surface area contributed by atoms with Crippen molar-refractivity contribution in [1.82, 2.24) is 5.32 Å². The highest BCUT2D eigenvalue weighted by Gasteiger charge is 2.22. The predicted octanol–water partition coefficient (Wildman–Crippen LogP) is 1.56. The van der Waals surface area contributed by atoms with Gasteiger partial charge in [0, 0.05) is 18.2 Å². The minimum absolute atomic E-state index is 0. The van der Waals surface area contributed by atoms with E-state index in [2.05, 4.69) is 11.4 Å². The first kappa shape index (κ1) is 16.1. The number of fused-ring (bicyclic) bond motifs is 1. The lowest BCUT2D eigenvalue weighted by molar-refractivity contribution is 0.279. The van der Waals surface area contributed by atoms with Gasteiger partial charge in [0.1, 0.15) is 0 Å². The third-order valence-corrected chi connectivity index (χ3v) is 3.50. The third kappa shape index (κ3) is 3.53. The average molecular weight is 288 g/mol. The Morgan fingerprint density at radius 3 is 2.74 bits per heavy atom. The Kier molecular flexibility index (Phi) is 6.42. The zero-order chi connectivity index (χ0) is 13.0. The van der Waals surface area contributed by atoms with E-state index in [9.17, 15) is 0 Å². The van der Waals surface area contributed by atoms with Crippen molar-refractivity contribution < 1.29 is 14.6 Å². The smallest absolute Gasteiger partial charge is 0.164 e. The molecule has 0 aromatic heterocycles. The molecule has 2 N–H and O–H groups in total. The highest BCUT2D eigenvalue weighted by Crippen LogP contribution is 2.37. The van der Waals surface area contributed by atoms with Crippen LogP contribution in [0.1, 0.15) is 17.5 Å². The van der Waals surface area contributed by atoms with Crippen LogP contribution in [0.15, 0.2) is 12.1 Å². The van der Waals surface area contributed by atoms with E-state index in [1.807, 2.05) is 6.07 Å². The molecule has 0 saturated heterocycles. The molecule has 1 aromatic rings. The van der Waals surface area contributed by atoms with E-state index in [1.54, 1.807) is 14.2 Å². The fourth-order valence-corrected chi connectivity index (χ4v) is 2.63. The fourth-order valence-electron chi connectivity index (χ4n) is 2.63. The molecule has 1 aliphatic rings. The van der Waals surface area contributed by atoms with Crippen LogP contribution in [0.2, 0.25) is 0 Å². The maximum Gasteiger partial charge on any atom is 0.164 e. The van der Waals surface area contributed by atoms with Gasteiger partial charge in [0.05, 0.1) is 20.8 Å². The molecular weight excluding hydrogens is 266 g/mol. The number of ether oxygens (including phenoxy) is 2. The first-order valence-corrected chi connectivity index (χ1v) is 6.37. The van der Waals surface area contributed by atoms with Crippen LogP contribution >= 0.6 is 12.4 Å². The van der Waals surface area contributed by atoms with E-state index in [-0.39, 0.29) is 19.0 Å². The number of hydrogen-bond acceptors (Lipinski definition) is 4. The summed E-state index contributed by atoms with van der Waals surface area (Å²) >= 11 is 0. The molecule has 1 unspecified atom stereocenters. The summed E-state index contributed by atoms with van der Waals surface area (Å²) in [5.41, 5.74) is 2.58. The monoisotopic (exact) mass is 287 g/mol. The van der Waals surface area contributed by atoms with Gasteiger partial charge < -0.3 is 19.9 Å². The van der Waals surface area contributed by atoms with E-state index in [0.29, 0.717) is 12.6 Å². The second kappa shape index (κ2) is 7.58. The topological polar surface area (TPSA) is 50.7 Å². The lowest BCUT2D eigenvalue weighted by Gasteiger charge is -2.27. The molecule has 4 nitrogen and oxygen atoms in total. The van der Waals surface area contributed by atoms with Crippen LogP contribution in [0.4, 0.5) is 0 Å². The van der Waals surface area contributed by atoms with Crippen LogP contribution in [0, 0.1) is 0 Å². The van der Waals surface area contributed by atoms with Gasteiger partial charge in [-0.05, 0) is 30.9 Å².